The third-order valence-corrected chi connectivity index (χ3v) is 5.54. The Bertz CT molecular complexity index is 1240. The summed E-state index contributed by atoms with van der Waals surface area (Å²) in [4.78, 5) is 27.8. The van der Waals surface area contributed by atoms with Crippen LogP contribution in [0.1, 0.15) is 17.0 Å². The standard InChI is InChI=1S/C25H20N4O3/c30-23-25(20-14-8-3-9-15-20,16-18-10-4-1-5-11-18)26-24(31)29(23)17-21-27-28-22(32-21)19-12-6-2-7-13-19/h1-15H,16-17H2,(H,26,31)/t25-/m1/s1. The number of carbonyl (C=O) groups excluding carboxylic acids is 2. The summed E-state index contributed by atoms with van der Waals surface area (Å²) >= 11 is 0. The van der Waals surface area contributed by atoms with Crippen molar-refractivity contribution in [1.29, 1.82) is 0 Å². The normalized spacial score (nSPS) is 18.1. The van der Waals surface area contributed by atoms with Crippen molar-refractivity contribution in [1.82, 2.24) is 20.4 Å². The van der Waals surface area contributed by atoms with Crippen molar-refractivity contribution >= 4 is 11.9 Å². The van der Waals surface area contributed by atoms with Gasteiger partial charge in [0.25, 0.3) is 5.91 Å². The van der Waals surface area contributed by atoms with Crippen LogP contribution in [0.2, 0.25) is 0 Å². The number of urea groups is 1. The van der Waals surface area contributed by atoms with Crippen molar-refractivity contribution in [3.8, 4) is 11.5 Å². The SMILES string of the molecule is O=C1N[C@](Cc2ccccc2)(c2ccccc2)C(=O)N1Cc1nnc(-c2ccccc2)o1. The predicted octanol–water partition coefficient (Wildman–Crippen LogP) is 3.93. The number of hydrogen-bond acceptors (Lipinski definition) is 5. The third-order valence-electron chi connectivity index (χ3n) is 5.54. The fourth-order valence-corrected chi connectivity index (χ4v) is 3.96. The molecular formula is C25H20N4O3. The van der Waals surface area contributed by atoms with Gasteiger partial charge < -0.3 is 9.73 Å². The van der Waals surface area contributed by atoms with Crippen LogP contribution in [-0.2, 0) is 23.3 Å². The van der Waals surface area contributed by atoms with Crippen LogP contribution < -0.4 is 5.32 Å². The Kier molecular flexibility index (Phi) is 4.99. The summed E-state index contributed by atoms with van der Waals surface area (Å²) in [6, 6.07) is 27.8. The van der Waals surface area contributed by atoms with Crippen LogP contribution in [0.25, 0.3) is 11.5 Å². The van der Waals surface area contributed by atoms with Crippen LogP contribution >= 0.6 is 0 Å². The van der Waals surface area contributed by atoms with E-state index in [1.165, 1.54) is 0 Å². The zero-order valence-corrected chi connectivity index (χ0v) is 17.1. The average molecular weight is 424 g/mol. The highest BCUT2D eigenvalue weighted by atomic mass is 16.4. The van der Waals surface area contributed by atoms with Crippen molar-refractivity contribution in [2.24, 2.45) is 0 Å². The van der Waals surface area contributed by atoms with Gasteiger partial charge in [0.05, 0.1) is 0 Å². The highest BCUT2D eigenvalue weighted by Gasteiger charge is 2.52. The number of benzene rings is 3. The van der Waals surface area contributed by atoms with Crippen molar-refractivity contribution < 1.29 is 14.0 Å². The molecule has 1 fully saturated rings. The number of nitrogens with zero attached hydrogens (tertiary/aromatic N) is 3. The topological polar surface area (TPSA) is 88.3 Å². The molecule has 1 aliphatic heterocycles. The highest BCUT2D eigenvalue weighted by Crippen LogP contribution is 2.33. The Labute approximate surface area is 184 Å². The fourth-order valence-electron chi connectivity index (χ4n) is 3.96. The molecule has 0 spiro atoms. The van der Waals surface area contributed by atoms with E-state index in [0.29, 0.717) is 12.3 Å². The van der Waals surface area contributed by atoms with Crippen LogP contribution in [0.3, 0.4) is 0 Å². The predicted molar refractivity (Wildman–Crippen MR) is 117 cm³/mol. The molecule has 0 aliphatic carbocycles. The molecule has 1 aliphatic rings. The minimum absolute atomic E-state index is 0.103. The molecule has 3 amide bonds. The minimum Gasteiger partial charge on any atom is -0.419 e. The molecule has 1 aromatic heterocycles. The summed E-state index contributed by atoms with van der Waals surface area (Å²) in [7, 11) is 0. The van der Waals surface area contributed by atoms with Gasteiger partial charge in [-0.15, -0.1) is 10.2 Å². The highest BCUT2D eigenvalue weighted by molar-refractivity contribution is 6.07. The van der Waals surface area contributed by atoms with Gasteiger partial charge in [-0.25, -0.2) is 4.79 Å². The summed E-state index contributed by atoms with van der Waals surface area (Å²) in [6.07, 6.45) is 0.331. The lowest BCUT2D eigenvalue weighted by atomic mass is 9.83. The van der Waals surface area contributed by atoms with Crippen molar-refractivity contribution in [2.75, 3.05) is 0 Å². The Hall–Kier alpha value is -4.26. The monoisotopic (exact) mass is 424 g/mol. The third kappa shape index (κ3) is 3.54. The number of aromatic nitrogens is 2. The molecule has 0 unspecified atom stereocenters. The van der Waals surface area contributed by atoms with Gasteiger partial charge in [0.15, 0.2) is 5.54 Å². The Morgan fingerprint density at radius 1 is 0.812 bits per heavy atom. The summed E-state index contributed by atoms with van der Waals surface area (Å²) in [6.45, 7) is -0.103. The second-order valence-corrected chi connectivity index (χ2v) is 7.62. The lowest BCUT2D eigenvalue weighted by molar-refractivity contribution is -0.132. The Morgan fingerprint density at radius 3 is 2.12 bits per heavy atom. The molecule has 2 heterocycles. The van der Waals surface area contributed by atoms with E-state index >= 15 is 0 Å². The zero-order valence-electron chi connectivity index (χ0n) is 17.1. The molecule has 7 nitrogen and oxygen atoms in total. The van der Waals surface area contributed by atoms with E-state index in [1.807, 2.05) is 91.0 Å². The van der Waals surface area contributed by atoms with Gasteiger partial charge in [-0.2, -0.15) is 0 Å². The number of amides is 3. The van der Waals surface area contributed by atoms with Crippen LogP contribution in [-0.4, -0.2) is 27.0 Å². The zero-order chi connectivity index (χ0) is 22.0. The van der Waals surface area contributed by atoms with Crippen molar-refractivity contribution in [3.05, 3.63) is 108 Å². The van der Waals surface area contributed by atoms with Crippen molar-refractivity contribution in [2.45, 2.75) is 18.5 Å². The summed E-state index contributed by atoms with van der Waals surface area (Å²) < 4.78 is 5.72. The van der Waals surface area contributed by atoms with E-state index in [4.69, 9.17) is 4.42 Å². The van der Waals surface area contributed by atoms with Gasteiger partial charge >= 0.3 is 6.03 Å². The smallest absolute Gasteiger partial charge is 0.325 e. The molecule has 1 N–H and O–H groups in total. The molecular weight excluding hydrogens is 404 g/mol. The molecule has 7 heteroatoms. The fraction of sp³-hybridized carbons (Fsp3) is 0.120. The molecule has 32 heavy (non-hydrogen) atoms. The van der Waals surface area contributed by atoms with E-state index in [-0.39, 0.29) is 18.3 Å². The number of nitrogens with one attached hydrogen (secondary N) is 1. The quantitative estimate of drug-likeness (QED) is 0.474. The van der Waals surface area contributed by atoms with Crippen LogP contribution in [0.15, 0.2) is 95.4 Å². The van der Waals surface area contributed by atoms with Gasteiger partial charge in [0.1, 0.15) is 6.54 Å². The van der Waals surface area contributed by atoms with Crippen LogP contribution in [0.4, 0.5) is 4.79 Å². The van der Waals surface area contributed by atoms with Crippen molar-refractivity contribution in [3.63, 3.8) is 0 Å². The molecule has 1 saturated heterocycles. The molecule has 0 radical (unpaired) electrons. The van der Waals surface area contributed by atoms with E-state index in [2.05, 4.69) is 15.5 Å². The molecule has 4 aromatic rings. The number of carbonyl (C=O) groups is 2. The Balaban J connectivity index is 1.46. The van der Waals surface area contributed by atoms with E-state index in [9.17, 15) is 9.59 Å². The first-order valence-electron chi connectivity index (χ1n) is 10.3. The number of rotatable bonds is 6. The summed E-state index contributed by atoms with van der Waals surface area (Å²) in [5, 5.41) is 11.0. The van der Waals surface area contributed by atoms with Gasteiger partial charge in [0.2, 0.25) is 11.8 Å². The van der Waals surface area contributed by atoms with E-state index < -0.39 is 11.6 Å². The van der Waals surface area contributed by atoms with Gasteiger partial charge in [-0.3, -0.25) is 9.69 Å². The summed E-state index contributed by atoms with van der Waals surface area (Å²) in [5.41, 5.74) is 1.23. The first kappa shape index (κ1) is 19.7. The maximum absolute atomic E-state index is 13.7. The van der Waals surface area contributed by atoms with E-state index in [0.717, 1.165) is 21.6 Å². The van der Waals surface area contributed by atoms with Crippen LogP contribution in [0, 0.1) is 0 Å². The molecule has 0 bridgehead atoms. The molecule has 3 aromatic carbocycles. The van der Waals surface area contributed by atoms with Gasteiger partial charge in [-0.1, -0.05) is 78.9 Å². The largest absolute Gasteiger partial charge is 0.419 e. The molecule has 1 atom stereocenters. The first-order chi connectivity index (χ1) is 15.7. The number of hydrogen-bond donors (Lipinski definition) is 1. The second kappa shape index (κ2) is 8.11. The molecule has 158 valence electrons. The minimum atomic E-state index is -1.21. The maximum atomic E-state index is 13.7. The first-order valence-corrected chi connectivity index (χ1v) is 10.3. The maximum Gasteiger partial charge on any atom is 0.325 e. The van der Waals surface area contributed by atoms with Gasteiger partial charge in [-0.05, 0) is 23.3 Å². The summed E-state index contributed by atoms with van der Waals surface area (Å²) in [5.74, 6) is 0.180. The Morgan fingerprint density at radius 2 is 1.44 bits per heavy atom. The lowest BCUT2D eigenvalue weighted by Crippen LogP contribution is -2.46. The molecule has 5 rings (SSSR count). The lowest BCUT2D eigenvalue weighted by Gasteiger charge is -2.27. The average Bonchev–Trinajstić information content (AvgIpc) is 3.40. The molecule has 0 saturated carbocycles. The second-order valence-electron chi connectivity index (χ2n) is 7.62. The van der Waals surface area contributed by atoms with Gasteiger partial charge in [0, 0.05) is 12.0 Å². The number of imide groups is 1. The van der Waals surface area contributed by atoms with Crippen LogP contribution in [0.5, 0.6) is 0 Å². The van der Waals surface area contributed by atoms with E-state index in [1.54, 1.807) is 0 Å².